The van der Waals surface area contributed by atoms with E-state index in [4.69, 9.17) is 10.5 Å². The van der Waals surface area contributed by atoms with Crippen LogP contribution < -0.4 is 17.0 Å². The summed E-state index contributed by atoms with van der Waals surface area (Å²) in [6, 6.07) is 0. The molecule has 2 heterocycles. The summed E-state index contributed by atoms with van der Waals surface area (Å²) < 4.78 is 7.24. The Labute approximate surface area is 157 Å². The van der Waals surface area contributed by atoms with Crippen LogP contribution in [-0.4, -0.2) is 52.0 Å². The van der Waals surface area contributed by atoms with Crippen molar-refractivity contribution in [2.45, 2.75) is 39.7 Å². The first-order valence-corrected chi connectivity index (χ1v) is 9.33. The Bertz CT molecular complexity index is 826. The Morgan fingerprint density at radius 2 is 1.96 bits per heavy atom. The standard InChI is InChI=1S/C18H28N4O5/c1-4-8-22-15(19)14(16(24)20(3)18(22)26)13(23)11-21-9-6-7-12(10-21)17(25)27-5-2/h12H,4-11,19H2,1-3H3/t12-/m0/s1. The van der Waals surface area contributed by atoms with Gasteiger partial charge in [-0.05, 0) is 32.7 Å². The molecule has 1 fully saturated rings. The Balaban J connectivity index is 2.24. The molecule has 1 aliphatic heterocycles. The molecule has 0 radical (unpaired) electrons. The molecule has 0 amide bonds. The number of Topliss-reactive ketones (excluding diaryl/α,β-unsaturated/α-hetero) is 1. The molecule has 0 unspecified atom stereocenters. The summed E-state index contributed by atoms with van der Waals surface area (Å²) in [5.41, 5.74) is 4.62. The molecule has 0 bridgehead atoms. The number of aromatic nitrogens is 2. The number of ketones is 1. The van der Waals surface area contributed by atoms with Gasteiger partial charge >= 0.3 is 11.7 Å². The van der Waals surface area contributed by atoms with E-state index in [-0.39, 0.29) is 29.8 Å². The normalized spacial score (nSPS) is 17.7. The average Bonchev–Trinajstić information content (AvgIpc) is 2.64. The van der Waals surface area contributed by atoms with Crippen LogP contribution in [0, 0.1) is 5.92 Å². The topological polar surface area (TPSA) is 117 Å². The van der Waals surface area contributed by atoms with Crippen LogP contribution in [-0.2, 0) is 23.1 Å². The summed E-state index contributed by atoms with van der Waals surface area (Å²) in [6.07, 6.45) is 2.12. The molecule has 1 saturated heterocycles. The number of piperidine rings is 1. The Morgan fingerprint density at radius 3 is 2.59 bits per heavy atom. The molecule has 2 rings (SSSR count). The lowest BCUT2D eigenvalue weighted by Gasteiger charge is -2.30. The number of nitrogen functional groups attached to an aromatic ring is 1. The fraction of sp³-hybridized carbons (Fsp3) is 0.667. The molecule has 150 valence electrons. The lowest BCUT2D eigenvalue weighted by atomic mass is 9.97. The van der Waals surface area contributed by atoms with Crippen LogP contribution in [0.3, 0.4) is 0 Å². The Morgan fingerprint density at radius 1 is 1.26 bits per heavy atom. The summed E-state index contributed by atoms with van der Waals surface area (Å²) in [7, 11) is 1.34. The molecule has 0 aliphatic carbocycles. The fourth-order valence-corrected chi connectivity index (χ4v) is 3.42. The van der Waals surface area contributed by atoms with Crippen molar-refractivity contribution in [2.75, 3.05) is 32.0 Å². The second-order valence-electron chi connectivity index (χ2n) is 6.81. The first-order valence-electron chi connectivity index (χ1n) is 9.33. The van der Waals surface area contributed by atoms with Gasteiger partial charge in [-0.1, -0.05) is 6.92 Å². The van der Waals surface area contributed by atoms with E-state index in [9.17, 15) is 19.2 Å². The number of likely N-dealkylation sites (tertiary alicyclic amines) is 1. The van der Waals surface area contributed by atoms with Crippen molar-refractivity contribution in [1.29, 1.82) is 0 Å². The minimum Gasteiger partial charge on any atom is -0.466 e. The second-order valence-corrected chi connectivity index (χ2v) is 6.81. The van der Waals surface area contributed by atoms with Crippen LogP contribution in [0.5, 0.6) is 0 Å². The molecule has 1 atom stereocenters. The zero-order chi connectivity index (χ0) is 20.1. The quantitative estimate of drug-likeness (QED) is 0.522. The van der Waals surface area contributed by atoms with Crippen LogP contribution >= 0.6 is 0 Å². The third-order valence-corrected chi connectivity index (χ3v) is 4.80. The molecule has 0 spiro atoms. The van der Waals surface area contributed by atoms with Gasteiger partial charge in [-0.15, -0.1) is 0 Å². The SMILES string of the molecule is CCCn1c(N)c(C(=O)CN2CCC[C@H](C(=O)OCC)C2)c(=O)n(C)c1=O. The maximum atomic E-state index is 12.8. The zero-order valence-electron chi connectivity index (χ0n) is 16.2. The fourth-order valence-electron chi connectivity index (χ4n) is 3.42. The molecule has 2 N–H and O–H groups in total. The van der Waals surface area contributed by atoms with E-state index in [1.165, 1.54) is 11.6 Å². The van der Waals surface area contributed by atoms with E-state index in [1.807, 2.05) is 11.8 Å². The lowest BCUT2D eigenvalue weighted by Crippen LogP contribution is -2.46. The molecule has 1 aliphatic rings. The largest absolute Gasteiger partial charge is 0.466 e. The zero-order valence-corrected chi connectivity index (χ0v) is 16.2. The minimum atomic E-state index is -0.686. The number of nitrogens with zero attached hydrogens (tertiary/aromatic N) is 3. The predicted octanol–water partition coefficient (Wildman–Crippen LogP) is -0.00300. The van der Waals surface area contributed by atoms with Crippen LogP contribution in [0.1, 0.15) is 43.5 Å². The van der Waals surface area contributed by atoms with Gasteiger partial charge in [0.2, 0.25) is 0 Å². The molecular weight excluding hydrogens is 352 g/mol. The third kappa shape index (κ3) is 4.47. The summed E-state index contributed by atoms with van der Waals surface area (Å²) in [5.74, 6) is -1.07. The summed E-state index contributed by atoms with van der Waals surface area (Å²) in [5, 5.41) is 0. The number of rotatable bonds is 7. The molecule has 1 aromatic rings. The number of ether oxygens (including phenoxy) is 1. The highest BCUT2D eigenvalue weighted by Gasteiger charge is 2.29. The van der Waals surface area contributed by atoms with E-state index in [0.29, 0.717) is 32.7 Å². The van der Waals surface area contributed by atoms with Gasteiger partial charge in [0.1, 0.15) is 11.4 Å². The number of anilines is 1. The highest BCUT2D eigenvalue weighted by molar-refractivity contribution is 6.01. The lowest BCUT2D eigenvalue weighted by molar-refractivity contribution is -0.149. The first kappa shape index (κ1) is 20.9. The third-order valence-electron chi connectivity index (χ3n) is 4.80. The maximum absolute atomic E-state index is 12.8. The molecule has 0 aromatic carbocycles. The van der Waals surface area contributed by atoms with Gasteiger partial charge in [0.05, 0.1) is 19.1 Å². The van der Waals surface area contributed by atoms with Gasteiger partial charge in [0, 0.05) is 20.1 Å². The highest BCUT2D eigenvalue weighted by Crippen LogP contribution is 2.18. The van der Waals surface area contributed by atoms with Crippen molar-refractivity contribution in [2.24, 2.45) is 13.0 Å². The van der Waals surface area contributed by atoms with Crippen molar-refractivity contribution >= 4 is 17.6 Å². The van der Waals surface area contributed by atoms with Gasteiger partial charge in [-0.2, -0.15) is 0 Å². The van der Waals surface area contributed by atoms with E-state index in [0.717, 1.165) is 17.4 Å². The highest BCUT2D eigenvalue weighted by atomic mass is 16.5. The van der Waals surface area contributed by atoms with Crippen molar-refractivity contribution in [3.05, 3.63) is 26.4 Å². The average molecular weight is 380 g/mol. The van der Waals surface area contributed by atoms with Gasteiger partial charge in [-0.25, -0.2) is 4.79 Å². The number of esters is 1. The first-order chi connectivity index (χ1) is 12.8. The summed E-state index contributed by atoms with van der Waals surface area (Å²) >= 11 is 0. The molecule has 1 aromatic heterocycles. The van der Waals surface area contributed by atoms with Crippen molar-refractivity contribution in [3.8, 4) is 0 Å². The number of hydrogen-bond donors (Lipinski definition) is 1. The number of carbonyl (C=O) groups excluding carboxylic acids is 2. The molecule has 9 nitrogen and oxygen atoms in total. The van der Waals surface area contributed by atoms with E-state index < -0.39 is 17.0 Å². The van der Waals surface area contributed by atoms with E-state index in [1.54, 1.807) is 6.92 Å². The maximum Gasteiger partial charge on any atom is 0.332 e. The molecular formula is C18H28N4O5. The second kappa shape index (κ2) is 8.98. The summed E-state index contributed by atoms with van der Waals surface area (Å²) in [6.45, 7) is 5.30. The Hall–Kier alpha value is -2.42. The number of nitrogens with two attached hydrogens (primary N) is 1. The minimum absolute atomic E-state index is 0.0281. The van der Waals surface area contributed by atoms with E-state index >= 15 is 0 Å². The van der Waals surface area contributed by atoms with Crippen molar-refractivity contribution in [1.82, 2.24) is 14.0 Å². The van der Waals surface area contributed by atoms with Crippen molar-refractivity contribution < 1.29 is 14.3 Å². The monoisotopic (exact) mass is 380 g/mol. The smallest absolute Gasteiger partial charge is 0.332 e. The number of carbonyl (C=O) groups is 2. The Kier molecular flexibility index (Phi) is 6.95. The molecule has 27 heavy (non-hydrogen) atoms. The molecule has 0 saturated carbocycles. The van der Waals surface area contributed by atoms with Gasteiger partial charge < -0.3 is 10.5 Å². The van der Waals surface area contributed by atoms with Gasteiger partial charge in [0.15, 0.2) is 5.78 Å². The van der Waals surface area contributed by atoms with Crippen LogP contribution in [0.2, 0.25) is 0 Å². The predicted molar refractivity (Wildman–Crippen MR) is 101 cm³/mol. The van der Waals surface area contributed by atoms with Gasteiger partial charge in [0.25, 0.3) is 5.56 Å². The van der Waals surface area contributed by atoms with Crippen molar-refractivity contribution in [3.63, 3.8) is 0 Å². The number of hydrogen-bond acceptors (Lipinski definition) is 7. The van der Waals surface area contributed by atoms with E-state index in [2.05, 4.69) is 0 Å². The summed E-state index contributed by atoms with van der Waals surface area (Å²) in [4.78, 5) is 51.3. The van der Waals surface area contributed by atoms with Gasteiger partial charge in [-0.3, -0.25) is 28.4 Å². The van der Waals surface area contributed by atoms with Crippen LogP contribution in [0.4, 0.5) is 5.82 Å². The molecule has 9 heteroatoms. The van der Waals surface area contributed by atoms with Crippen LogP contribution in [0.15, 0.2) is 9.59 Å². The van der Waals surface area contributed by atoms with Crippen LogP contribution in [0.25, 0.3) is 0 Å².